The van der Waals surface area contributed by atoms with E-state index in [2.05, 4.69) is 11.9 Å². The molecule has 0 unspecified atom stereocenters. The summed E-state index contributed by atoms with van der Waals surface area (Å²) in [6.45, 7) is 5.70. The summed E-state index contributed by atoms with van der Waals surface area (Å²) in [6.07, 6.45) is 2.41. The Labute approximate surface area is 102 Å². The molecule has 1 atom stereocenters. The van der Waals surface area contributed by atoms with Crippen LogP contribution in [-0.4, -0.2) is 25.5 Å². The fourth-order valence-corrected chi connectivity index (χ4v) is 1.56. The lowest BCUT2D eigenvalue weighted by molar-refractivity contribution is -0.118. The number of carbonyl (C=O) groups is 1. The minimum absolute atomic E-state index is 0.116. The fraction of sp³-hybridized carbons (Fsp3) is 0.357. The van der Waals surface area contributed by atoms with Crippen LogP contribution in [0.1, 0.15) is 12.5 Å². The molecule has 0 aliphatic carbocycles. The van der Waals surface area contributed by atoms with Gasteiger partial charge in [-0.25, -0.2) is 0 Å². The van der Waals surface area contributed by atoms with Gasteiger partial charge in [0.1, 0.15) is 18.1 Å². The van der Waals surface area contributed by atoms with E-state index >= 15 is 0 Å². The topological polar surface area (TPSA) is 38.3 Å². The van der Waals surface area contributed by atoms with Crippen LogP contribution in [0.25, 0.3) is 0 Å². The lowest BCUT2D eigenvalue weighted by Crippen LogP contribution is -2.34. The summed E-state index contributed by atoms with van der Waals surface area (Å²) in [4.78, 5) is 11.3. The predicted octanol–water partition coefficient (Wildman–Crippen LogP) is 1.97. The highest BCUT2D eigenvalue weighted by Crippen LogP contribution is 2.13. The molecule has 0 saturated heterocycles. The second kappa shape index (κ2) is 6.86. The van der Waals surface area contributed by atoms with Crippen LogP contribution < -0.4 is 10.1 Å². The largest absolute Gasteiger partial charge is 0.490 e. The van der Waals surface area contributed by atoms with E-state index in [-0.39, 0.29) is 11.8 Å². The Kier molecular flexibility index (Phi) is 5.43. The van der Waals surface area contributed by atoms with Gasteiger partial charge in [-0.05, 0) is 38.1 Å². The van der Waals surface area contributed by atoms with Crippen LogP contribution >= 0.6 is 0 Å². The van der Waals surface area contributed by atoms with Crippen LogP contribution in [-0.2, 0) is 11.2 Å². The van der Waals surface area contributed by atoms with Crippen molar-refractivity contribution in [2.75, 3.05) is 13.7 Å². The van der Waals surface area contributed by atoms with E-state index in [1.165, 1.54) is 0 Å². The first-order valence-electron chi connectivity index (χ1n) is 5.67. The average Bonchev–Trinajstić information content (AvgIpc) is 2.34. The van der Waals surface area contributed by atoms with Crippen LogP contribution in [0.2, 0.25) is 0 Å². The average molecular weight is 233 g/mol. The second-order valence-electron chi connectivity index (χ2n) is 3.90. The Morgan fingerprint density at radius 3 is 2.59 bits per heavy atom. The van der Waals surface area contributed by atoms with Crippen molar-refractivity contribution in [3.8, 4) is 5.75 Å². The molecule has 0 radical (unpaired) electrons. The highest BCUT2D eigenvalue weighted by molar-refractivity contribution is 5.81. The Balaban J connectivity index is 2.61. The summed E-state index contributed by atoms with van der Waals surface area (Å²) >= 11 is 0. The maximum Gasteiger partial charge on any atom is 0.147 e. The highest BCUT2D eigenvalue weighted by Gasteiger charge is 2.11. The number of ether oxygens (including phenoxy) is 1. The van der Waals surface area contributed by atoms with Gasteiger partial charge in [-0.2, -0.15) is 0 Å². The molecule has 1 rings (SSSR count). The van der Waals surface area contributed by atoms with E-state index in [0.29, 0.717) is 13.0 Å². The van der Waals surface area contributed by atoms with Gasteiger partial charge < -0.3 is 10.1 Å². The van der Waals surface area contributed by atoms with Crippen LogP contribution in [0.15, 0.2) is 36.9 Å². The smallest absolute Gasteiger partial charge is 0.147 e. The first-order valence-corrected chi connectivity index (χ1v) is 5.67. The van der Waals surface area contributed by atoms with Crippen molar-refractivity contribution in [2.24, 2.45) is 0 Å². The molecule has 0 saturated carbocycles. The van der Waals surface area contributed by atoms with E-state index in [0.717, 1.165) is 11.3 Å². The quantitative estimate of drug-likeness (QED) is 0.732. The minimum atomic E-state index is -0.116. The monoisotopic (exact) mass is 233 g/mol. The molecule has 0 fully saturated rings. The SMILES string of the molecule is C=CCOc1ccc(C[C@H](NC)C(C)=O)cc1. The zero-order chi connectivity index (χ0) is 12.7. The molecule has 1 aromatic carbocycles. The van der Waals surface area contributed by atoms with Crippen molar-refractivity contribution in [1.82, 2.24) is 5.32 Å². The number of rotatable bonds is 7. The standard InChI is InChI=1S/C14H19NO2/c1-4-9-17-13-7-5-12(6-8-13)10-14(15-3)11(2)16/h4-8,14-15H,1,9-10H2,2-3H3/t14-/m0/s1. The van der Waals surface area contributed by atoms with Gasteiger partial charge in [0, 0.05) is 0 Å². The number of likely N-dealkylation sites (N-methyl/N-ethyl adjacent to an activating group) is 1. The molecule has 17 heavy (non-hydrogen) atoms. The van der Waals surface area contributed by atoms with Crippen LogP contribution in [0, 0.1) is 0 Å². The summed E-state index contributed by atoms with van der Waals surface area (Å²) < 4.78 is 5.39. The zero-order valence-corrected chi connectivity index (χ0v) is 10.4. The molecule has 0 amide bonds. The predicted molar refractivity (Wildman–Crippen MR) is 69.4 cm³/mol. The number of ketones is 1. The number of hydrogen-bond donors (Lipinski definition) is 1. The van der Waals surface area contributed by atoms with Crippen molar-refractivity contribution in [3.63, 3.8) is 0 Å². The maximum absolute atomic E-state index is 11.3. The molecule has 3 heteroatoms. The molecular weight excluding hydrogens is 214 g/mol. The summed E-state index contributed by atoms with van der Waals surface area (Å²) in [5.41, 5.74) is 1.12. The Bertz CT molecular complexity index is 370. The van der Waals surface area contributed by atoms with Crippen LogP contribution in [0.5, 0.6) is 5.75 Å². The van der Waals surface area contributed by atoms with Gasteiger partial charge >= 0.3 is 0 Å². The Hall–Kier alpha value is -1.61. The second-order valence-corrected chi connectivity index (χ2v) is 3.90. The Morgan fingerprint density at radius 2 is 2.12 bits per heavy atom. The first-order chi connectivity index (χ1) is 8.17. The maximum atomic E-state index is 11.3. The number of hydrogen-bond acceptors (Lipinski definition) is 3. The fourth-order valence-electron chi connectivity index (χ4n) is 1.56. The number of benzene rings is 1. The van der Waals surface area contributed by atoms with E-state index in [4.69, 9.17) is 4.74 Å². The van der Waals surface area contributed by atoms with E-state index in [9.17, 15) is 4.79 Å². The third-order valence-corrected chi connectivity index (χ3v) is 2.57. The molecule has 0 aromatic heterocycles. The third-order valence-electron chi connectivity index (χ3n) is 2.57. The summed E-state index contributed by atoms with van der Waals surface area (Å²) in [6, 6.07) is 7.66. The number of carbonyl (C=O) groups excluding carboxylic acids is 1. The van der Waals surface area contributed by atoms with E-state index < -0.39 is 0 Å². The van der Waals surface area contributed by atoms with Gasteiger partial charge in [0.05, 0.1) is 6.04 Å². The van der Waals surface area contributed by atoms with Crippen molar-refractivity contribution in [2.45, 2.75) is 19.4 Å². The van der Waals surface area contributed by atoms with Crippen LogP contribution in [0.4, 0.5) is 0 Å². The molecule has 0 bridgehead atoms. The van der Waals surface area contributed by atoms with Crippen LogP contribution in [0.3, 0.4) is 0 Å². The molecule has 1 N–H and O–H groups in total. The summed E-state index contributed by atoms with van der Waals surface area (Å²) in [5.74, 6) is 0.969. The lowest BCUT2D eigenvalue weighted by Gasteiger charge is -2.12. The van der Waals surface area contributed by atoms with Crippen molar-refractivity contribution in [3.05, 3.63) is 42.5 Å². The van der Waals surface area contributed by atoms with Crippen molar-refractivity contribution in [1.29, 1.82) is 0 Å². The van der Waals surface area contributed by atoms with Crippen molar-refractivity contribution >= 4 is 5.78 Å². The molecule has 0 spiro atoms. The molecular formula is C14H19NO2. The van der Waals surface area contributed by atoms with Gasteiger partial charge in [0.2, 0.25) is 0 Å². The van der Waals surface area contributed by atoms with E-state index in [1.807, 2.05) is 24.3 Å². The summed E-state index contributed by atoms with van der Waals surface area (Å²) in [7, 11) is 1.80. The summed E-state index contributed by atoms with van der Waals surface area (Å²) in [5, 5.41) is 3.00. The molecule has 0 heterocycles. The third kappa shape index (κ3) is 4.41. The van der Waals surface area contributed by atoms with Crippen molar-refractivity contribution < 1.29 is 9.53 Å². The first kappa shape index (κ1) is 13.5. The lowest BCUT2D eigenvalue weighted by atomic mass is 10.0. The molecule has 0 aliphatic heterocycles. The minimum Gasteiger partial charge on any atom is -0.490 e. The number of Topliss-reactive ketones (excluding diaryl/α,β-unsaturated/α-hetero) is 1. The van der Waals surface area contributed by atoms with Gasteiger partial charge in [0.25, 0.3) is 0 Å². The van der Waals surface area contributed by atoms with Gasteiger partial charge in [0.15, 0.2) is 0 Å². The van der Waals surface area contributed by atoms with E-state index in [1.54, 1.807) is 20.0 Å². The van der Waals surface area contributed by atoms with Gasteiger partial charge in [-0.15, -0.1) is 0 Å². The highest BCUT2D eigenvalue weighted by atomic mass is 16.5. The van der Waals surface area contributed by atoms with Gasteiger partial charge in [-0.1, -0.05) is 24.8 Å². The molecule has 92 valence electrons. The van der Waals surface area contributed by atoms with Gasteiger partial charge in [-0.3, -0.25) is 4.79 Å². The molecule has 0 aliphatic rings. The molecule has 1 aromatic rings. The normalized spacial score (nSPS) is 11.9. The molecule has 3 nitrogen and oxygen atoms in total. The Morgan fingerprint density at radius 1 is 1.47 bits per heavy atom. The number of nitrogens with one attached hydrogen (secondary N) is 1. The zero-order valence-electron chi connectivity index (χ0n) is 10.4.